The third-order valence-electron chi connectivity index (χ3n) is 4.04. The maximum Gasteiger partial charge on any atom is 0.206 e. The molecule has 28 heavy (non-hydrogen) atoms. The minimum absolute atomic E-state index is 0.561. The van der Waals surface area contributed by atoms with Crippen LogP contribution in [0.3, 0.4) is 0 Å². The van der Waals surface area contributed by atoms with Crippen LogP contribution in [0, 0.1) is 0 Å². The zero-order chi connectivity index (χ0) is 19.8. The Kier molecular flexibility index (Phi) is 7.00. The summed E-state index contributed by atoms with van der Waals surface area (Å²) < 4.78 is 17.8. The van der Waals surface area contributed by atoms with E-state index in [2.05, 4.69) is 22.5 Å². The fourth-order valence-electron chi connectivity index (χ4n) is 2.69. The number of para-hydroxylation sites is 1. The Morgan fingerprint density at radius 1 is 1.00 bits per heavy atom. The first kappa shape index (κ1) is 19.9. The van der Waals surface area contributed by atoms with Crippen molar-refractivity contribution in [1.29, 1.82) is 0 Å². The highest BCUT2D eigenvalue weighted by molar-refractivity contribution is 7.07. The van der Waals surface area contributed by atoms with Crippen molar-refractivity contribution in [2.75, 3.05) is 34.5 Å². The molecule has 2 aromatic carbocycles. The smallest absolute Gasteiger partial charge is 0.206 e. The normalized spacial score (nSPS) is 11.9. The van der Waals surface area contributed by atoms with Crippen LogP contribution in [-0.4, -0.2) is 45.4 Å². The summed E-state index contributed by atoms with van der Waals surface area (Å²) in [6, 6.07) is 15.8. The van der Waals surface area contributed by atoms with Gasteiger partial charge in [0.1, 0.15) is 0 Å². The van der Waals surface area contributed by atoms with Crippen LogP contribution in [0.2, 0.25) is 0 Å². The van der Waals surface area contributed by atoms with Crippen molar-refractivity contribution >= 4 is 17.6 Å². The van der Waals surface area contributed by atoms with Crippen LogP contribution in [0.25, 0.3) is 11.3 Å². The molecule has 0 saturated carbocycles. The summed E-state index contributed by atoms with van der Waals surface area (Å²) in [6.07, 6.45) is 1.76. The lowest BCUT2D eigenvalue weighted by atomic mass is 10.2. The number of hydrogen-bond acceptors (Lipinski definition) is 6. The fraction of sp³-hybridized carbons (Fsp3) is 0.238. The number of rotatable bonds is 8. The number of aromatic nitrogens is 1. The monoisotopic (exact) mass is 397 g/mol. The Labute approximate surface area is 168 Å². The second kappa shape index (κ2) is 9.87. The molecule has 3 aromatic rings. The van der Waals surface area contributed by atoms with Gasteiger partial charge in [0.25, 0.3) is 0 Å². The molecule has 7 heteroatoms. The number of ether oxygens (including phenoxy) is 3. The van der Waals surface area contributed by atoms with Crippen molar-refractivity contribution in [2.45, 2.75) is 0 Å². The van der Waals surface area contributed by atoms with E-state index in [0.29, 0.717) is 24.7 Å². The predicted octanol–water partition coefficient (Wildman–Crippen LogP) is 3.66. The summed E-state index contributed by atoms with van der Waals surface area (Å²) in [5.41, 5.74) is 2.86. The molecule has 0 saturated heterocycles. The molecular formula is C21H23N3O3S. The summed E-state index contributed by atoms with van der Waals surface area (Å²) in [5.74, 6) is 1.30. The first-order valence-corrected chi connectivity index (χ1v) is 9.67. The van der Waals surface area contributed by atoms with Gasteiger partial charge in [-0.25, -0.2) is 4.68 Å². The SMILES string of the molecule is COCCN=c1scc(-c2ccccc2)n1/N=C\c1cccc(OC)c1OC. The summed E-state index contributed by atoms with van der Waals surface area (Å²) >= 11 is 1.55. The molecule has 146 valence electrons. The zero-order valence-electron chi connectivity index (χ0n) is 16.2. The predicted molar refractivity (Wildman–Crippen MR) is 113 cm³/mol. The van der Waals surface area contributed by atoms with Gasteiger partial charge in [-0.2, -0.15) is 5.10 Å². The van der Waals surface area contributed by atoms with Crippen molar-refractivity contribution in [3.63, 3.8) is 0 Å². The summed E-state index contributed by atoms with van der Waals surface area (Å²) in [5, 5.41) is 6.76. The topological polar surface area (TPSA) is 57.3 Å². The zero-order valence-corrected chi connectivity index (χ0v) is 17.0. The van der Waals surface area contributed by atoms with E-state index >= 15 is 0 Å². The molecule has 1 heterocycles. The van der Waals surface area contributed by atoms with E-state index in [-0.39, 0.29) is 0 Å². The third kappa shape index (κ3) is 4.49. The molecule has 3 rings (SSSR count). The number of thiazole rings is 1. The molecule has 0 aliphatic carbocycles. The van der Waals surface area contributed by atoms with E-state index in [1.807, 2.05) is 41.1 Å². The molecule has 0 atom stereocenters. The molecule has 0 aliphatic rings. The highest BCUT2D eigenvalue weighted by Crippen LogP contribution is 2.29. The molecule has 1 aromatic heterocycles. The average molecular weight is 398 g/mol. The van der Waals surface area contributed by atoms with Gasteiger partial charge in [0.2, 0.25) is 4.80 Å². The highest BCUT2D eigenvalue weighted by atomic mass is 32.1. The molecule has 0 bridgehead atoms. The quantitative estimate of drug-likeness (QED) is 0.431. The van der Waals surface area contributed by atoms with Crippen molar-refractivity contribution in [3.05, 3.63) is 64.3 Å². The lowest BCUT2D eigenvalue weighted by Crippen LogP contribution is -2.13. The Bertz CT molecular complexity index is 994. The van der Waals surface area contributed by atoms with Crippen LogP contribution in [-0.2, 0) is 4.74 Å². The third-order valence-corrected chi connectivity index (χ3v) is 4.90. The Morgan fingerprint density at radius 2 is 1.82 bits per heavy atom. The van der Waals surface area contributed by atoms with Crippen LogP contribution in [0.15, 0.2) is 64.0 Å². The van der Waals surface area contributed by atoms with Crippen molar-refractivity contribution in [2.24, 2.45) is 10.1 Å². The van der Waals surface area contributed by atoms with E-state index in [4.69, 9.17) is 19.3 Å². The van der Waals surface area contributed by atoms with Crippen LogP contribution in [0.4, 0.5) is 0 Å². The van der Waals surface area contributed by atoms with Crippen LogP contribution < -0.4 is 14.3 Å². The standard InChI is InChI=1S/C21H23N3O3S/c1-25-13-12-22-21-24(18(15-28-21)16-8-5-4-6-9-16)23-14-17-10-7-11-19(26-2)20(17)27-3/h4-11,14-15H,12-13H2,1-3H3/b22-21?,23-14-. The second-order valence-corrected chi connectivity index (χ2v) is 6.62. The number of nitrogens with zero attached hydrogens (tertiary/aromatic N) is 3. The molecule has 0 aliphatic heterocycles. The first-order valence-electron chi connectivity index (χ1n) is 8.79. The number of hydrogen-bond donors (Lipinski definition) is 0. The average Bonchev–Trinajstić information content (AvgIpc) is 3.15. The lowest BCUT2D eigenvalue weighted by Gasteiger charge is -2.09. The summed E-state index contributed by atoms with van der Waals surface area (Å²) in [6.45, 7) is 1.13. The van der Waals surface area contributed by atoms with Gasteiger partial charge in [-0.1, -0.05) is 36.4 Å². The molecule has 0 unspecified atom stereocenters. The van der Waals surface area contributed by atoms with Crippen LogP contribution in [0.5, 0.6) is 11.5 Å². The molecule has 6 nitrogen and oxygen atoms in total. The minimum atomic E-state index is 0.561. The lowest BCUT2D eigenvalue weighted by molar-refractivity contribution is 0.207. The van der Waals surface area contributed by atoms with E-state index < -0.39 is 0 Å². The van der Waals surface area contributed by atoms with Crippen molar-refractivity contribution in [3.8, 4) is 22.8 Å². The van der Waals surface area contributed by atoms with Gasteiger partial charge in [-0.3, -0.25) is 4.99 Å². The van der Waals surface area contributed by atoms with Gasteiger partial charge < -0.3 is 14.2 Å². The van der Waals surface area contributed by atoms with E-state index in [1.165, 1.54) is 0 Å². The molecule has 0 spiro atoms. The molecule has 0 radical (unpaired) electrons. The highest BCUT2D eigenvalue weighted by Gasteiger charge is 2.10. The van der Waals surface area contributed by atoms with Gasteiger partial charge in [0, 0.05) is 23.6 Å². The molecule has 0 amide bonds. The van der Waals surface area contributed by atoms with Gasteiger partial charge in [-0.05, 0) is 12.1 Å². The van der Waals surface area contributed by atoms with Gasteiger partial charge in [0.15, 0.2) is 11.5 Å². The molecular weight excluding hydrogens is 374 g/mol. The largest absolute Gasteiger partial charge is 0.493 e. The van der Waals surface area contributed by atoms with E-state index in [1.54, 1.807) is 38.9 Å². The van der Waals surface area contributed by atoms with E-state index in [9.17, 15) is 0 Å². The Morgan fingerprint density at radius 3 is 2.54 bits per heavy atom. The number of methoxy groups -OCH3 is 3. The first-order chi connectivity index (χ1) is 13.8. The van der Waals surface area contributed by atoms with Gasteiger partial charge in [-0.15, -0.1) is 11.3 Å². The number of benzene rings is 2. The fourth-order valence-corrected chi connectivity index (χ4v) is 3.56. The minimum Gasteiger partial charge on any atom is -0.493 e. The van der Waals surface area contributed by atoms with E-state index in [0.717, 1.165) is 21.6 Å². The second-order valence-electron chi connectivity index (χ2n) is 5.78. The summed E-state index contributed by atoms with van der Waals surface area (Å²) in [4.78, 5) is 5.42. The van der Waals surface area contributed by atoms with Gasteiger partial charge >= 0.3 is 0 Å². The molecule has 0 N–H and O–H groups in total. The van der Waals surface area contributed by atoms with Crippen molar-refractivity contribution < 1.29 is 14.2 Å². The summed E-state index contributed by atoms with van der Waals surface area (Å²) in [7, 11) is 4.90. The Hall–Kier alpha value is -2.90. The maximum atomic E-state index is 5.50. The maximum absolute atomic E-state index is 5.50. The molecule has 0 fully saturated rings. The van der Waals surface area contributed by atoms with Crippen molar-refractivity contribution in [1.82, 2.24) is 4.68 Å². The van der Waals surface area contributed by atoms with Crippen LogP contribution in [0.1, 0.15) is 5.56 Å². The Balaban J connectivity index is 2.06. The van der Waals surface area contributed by atoms with Crippen LogP contribution >= 0.6 is 11.3 Å². The van der Waals surface area contributed by atoms with Gasteiger partial charge in [0.05, 0.1) is 39.3 Å².